The number of hydrogen-bond acceptors (Lipinski definition) is 3. The summed E-state index contributed by atoms with van der Waals surface area (Å²) in [5.41, 5.74) is 11.1. The summed E-state index contributed by atoms with van der Waals surface area (Å²) < 4.78 is 5.61. The number of phenolic OH excluding ortho intramolecular Hbond substituents is 1. The number of phenols is 1. The van der Waals surface area contributed by atoms with E-state index in [1.54, 1.807) is 6.07 Å². The monoisotopic (exact) mass is 359 g/mol. The normalized spacial score (nSPS) is 11.8. The molecule has 0 fully saturated rings. The second kappa shape index (κ2) is 9.06. The fourth-order valence-electron chi connectivity index (χ4n) is 3.24. The summed E-state index contributed by atoms with van der Waals surface area (Å²) in [5, 5.41) is 10.0. The van der Waals surface area contributed by atoms with Gasteiger partial charge < -0.3 is 15.6 Å². The first-order chi connectivity index (χ1) is 13.2. The molecule has 0 aliphatic rings. The van der Waals surface area contributed by atoms with Crippen molar-refractivity contribution in [1.82, 2.24) is 0 Å². The molecule has 0 saturated heterocycles. The van der Waals surface area contributed by atoms with E-state index in [0.29, 0.717) is 13.2 Å². The molecule has 0 saturated carbocycles. The van der Waals surface area contributed by atoms with Gasteiger partial charge in [-0.2, -0.15) is 0 Å². The van der Waals surface area contributed by atoms with Crippen LogP contribution in [0.4, 0.5) is 0 Å². The van der Waals surface area contributed by atoms with E-state index in [-0.39, 0.29) is 5.75 Å². The van der Waals surface area contributed by atoms with Crippen LogP contribution in [0.15, 0.2) is 78.9 Å². The summed E-state index contributed by atoms with van der Waals surface area (Å²) in [5.74, 6) is 1.06. The molecule has 0 radical (unpaired) electrons. The first-order valence-electron chi connectivity index (χ1n) is 9.24. The van der Waals surface area contributed by atoms with Crippen molar-refractivity contribution >= 4 is 11.1 Å². The predicted molar refractivity (Wildman–Crippen MR) is 112 cm³/mol. The largest absolute Gasteiger partial charge is 0.508 e. The van der Waals surface area contributed by atoms with Gasteiger partial charge in [-0.1, -0.05) is 61.5 Å². The molecular weight excluding hydrogens is 334 g/mol. The second-order valence-electron chi connectivity index (χ2n) is 6.28. The van der Waals surface area contributed by atoms with E-state index in [4.69, 9.17) is 10.5 Å². The molecule has 3 N–H and O–H groups in total. The van der Waals surface area contributed by atoms with Gasteiger partial charge in [0.05, 0.1) is 0 Å². The second-order valence-corrected chi connectivity index (χ2v) is 6.28. The molecule has 3 nitrogen and oxygen atoms in total. The average Bonchev–Trinajstić information content (AvgIpc) is 2.71. The zero-order valence-corrected chi connectivity index (χ0v) is 15.6. The van der Waals surface area contributed by atoms with E-state index in [0.717, 1.165) is 28.9 Å². The van der Waals surface area contributed by atoms with E-state index >= 15 is 0 Å². The van der Waals surface area contributed by atoms with Gasteiger partial charge in [-0.3, -0.25) is 0 Å². The molecule has 0 amide bonds. The zero-order valence-electron chi connectivity index (χ0n) is 15.6. The summed E-state index contributed by atoms with van der Waals surface area (Å²) in [6, 6.07) is 25.8. The molecule has 0 bridgehead atoms. The maximum absolute atomic E-state index is 10.0. The molecule has 3 rings (SSSR count). The van der Waals surface area contributed by atoms with Crippen molar-refractivity contribution in [3.63, 3.8) is 0 Å². The summed E-state index contributed by atoms with van der Waals surface area (Å²) in [7, 11) is 0. The smallest absolute Gasteiger partial charge is 0.119 e. The maximum Gasteiger partial charge on any atom is 0.119 e. The average molecular weight is 359 g/mol. The van der Waals surface area contributed by atoms with Gasteiger partial charge in [0.1, 0.15) is 18.1 Å². The molecule has 3 heteroatoms. The predicted octanol–water partition coefficient (Wildman–Crippen LogP) is 5.10. The van der Waals surface area contributed by atoms with Crippen LogP contribution in [0, 0.1) is 0 Å². The minimum Gasteiger partial charge on any atom is -0.508 e. The maximum atomic E-state index is 10.0. The SMILES string of the molecule is CCC(=C(c1ccc(OCCN)cc1)c1cccc(O)c1)c1ccccc1. The number of benzene rings is 3. The lowest BCUT2D eigenvalue weighted by Crippen LogP contribution is -2.10. The third-order valence-electron chi connectivity index (χ3n) is 4.44. The van der Waals surface area contributed by atoms with Crippen LogP contribution in [-0.4, -0.2) is 18.3 Å². The molecule has 3 aromatic rings. The van der Waals surface area contributed by atoms with Gasteiger partial charge >= 0.3 is 0 Å². The lowest BCUT2D eigenvalue weighted by Gasteiger charge is -2.17. The number of allylic oxidation sites excluding steroid dienone is 1. The van der Waals surface area contributed by atoms with E-state index in [1.165, 1.54) is 11.1 Å². The van der Waals surface area contributed by atoms with E-state index < -0.39 is 0 Å². The number of aromatic hydroxyl groups is 1. The van der Waals surface area contributed by atoms with Crippen molar-refractivity contribution in [3.05, 3.63) is 95.6 Å². The van der Waals surface area contributed by atoms with Crippen LogP contribution in [0.3, 0.4) is 0 Å². The topological polar surface area (TPSA) is 55.5 Å². The number of rotatable bonds is 7. The molecule has 0 aliphatic heterocycles. The third-order valence-corrected chi connectivity index (χ3v) is 4.44. The van der Waals surface area contributed by atoms with E-state index in [2.05, 4.69) is 43.3 Å². The molecule has 138 valence electrons. The van der Waals surface area contributed by atoms with Crippen molar-refractivity contribution < 1.29 is 9.84 Å². The lowest BCUT2D eigenvalue weighted by atomic mass is 9.88. The number of ether oxygens (including phenoxy) is 1. The number of hydrogen-bond donors (Lipinski definition) is 2. The summed E-state index contributed by atoms with van der Waals surface area (Å²) >= 11 is 0. The minimum atomic E-state index is 0.261. The summed E-state index contributed by atoms with van der Waals surface area (Å²) in [6.45, 7) is 3.15. The third kappa shape index (κ3) is 4.57. The Balaban J connectivity index is 2.14. The first-order valence-corrected chi connectivity index (χ1v) is 9.24. The molecule has 0 unspecified atom stereocenters. The Kier molecular flexibility index (Phi) is 6.29. The van der Waals surface area contributed by atoms with Gasteiger partial charge in [0.15, 0.2) is 0 Å². The van der Waals surface area contributed by atoms with Gasteiger partial charge in [0.25, 0.3) is 0 Å². The van der Waals surface area contributed by atoms with Crippen LogP contribution < -0.4 is 10.5 Å². The quantitative estimate of drug-likeness (QED) is 0.577. The van der Waals surface area contributed by atoms with Crippen molar-refractivity contribution in [2.24, 2.45) is 5.73 Å². The van der Waals surface area contributed by atoms with Crippen LogP contribution in [0.25, 0.3) is 11.1 Å². The Morgan fingerprint density at radius 1 is 0.852 bits per heavy atom. The highest BCUT2D eigenvalue weighted by Crippen LogP contribution is 2.35. The van der Waals surface area contributed by atoms with Crippen LogP contribution in [-0.2, 0) is 0 Å². The van der Waals surface area contributed by atoms with Gasteiger partial charge in [0.2, 0.25) is 0 Å². The Bertz CT molecular complexity index is 899. The highest BCUT2D eigenvalue weighted by molar-refractivity contribution is 5.98. The zero-order chi connectivity index (χ0) is 19.1. The highest BCUT2D eigenvalue weighted by atomic mass is 16.5. The van der Waals surface area contributed by atoms with E-state index in [1.807, 2.05) is 36.4 Å². The standard InChI is InChI=1S/C24H25NO2/c1-2-23(18-7-4-3-5-8-18)24(20-9-6-10-21(26)17-20)19-11-13-22(14-12-19)27-16-15-25/h3-14,17,26H,2,15-16,25H2,1H3. The molecule has 0 spiro atoms. The minimum absolute atomic E-state index is 0.261. The fourth-order valence-corrected chi connectivity index (χ4v) is 3.24. The fraction of sp³-hybridized carbons (Fsp3) is 0.167. The van der Waals surface area contributed by atoms with Crippen molar-refractivity contribution in [2.75, 3.05) is 13.2 Å². The number of nitrogens with two attached hydrogens (primary N) is 1. The molecule has 0 atom stereocenters. The Hall–Kier alpha value is -3.04. The highest BCUT2D eigenvalue weighted by Gasteiger charge is 2.13. The Morgan fingerprint density at radius 2 is 1.56 bits per heavy atom. The molecule has 0 heterocycles. The van der Waals surface area contributed by atoms with Gasteiger partial charge in [-0.15, -0.1) is 0 Å². The van der Waals surface area contributed by atoms with E-state index in [9.17, 15) is 5.11 Å². The van der Waals surface area contributed by atoms with Gasteiger partial charge in [-0.25, -0.2) is 0 Å². The Morgan fingerprint density at radius 3 is 2.19 bits per heavy atom. The summed E-state index contributed by atoms with van der Waals surface area (Å²) in [6.07, 6.45) is 0.875. The molecular formula is C24H25NO2. The van der Waals surface area contributed by atoms with Crippen LogP contribution in [0.1, 0.15) is 30.0 Å². The van der Waals surface area contributed by atoms with Crippen LogP contribution in [0.2, 0.25) is 0 Å². The Labute approximate surface area is 160 Å². The van der Waals surface area contributed by atoms with Crippen LogP contribution >= 0.6 is 0 Å². The summed E-state index contributed by atoms with van der Waals surface area (Å²) in [4.78, 5) is 0. The van der Waals surface area contributed by atoms with Gasteiger partial charge in [0, 0.05) is 6.54 Å². The van der Waals surface area contributed by atoms with Crippen molar-refractivity contribution in [3.8, 4) is 11.5 Å². The molecule has 27 heavy (non-hydrogen) atoms. The molecule has 0 aliphatic carbocycles. The van der Waals surface area contributed by atoms with Crippen molar-refractivity contribution in [1.29, 1.82) is 0 Å². The van der Waals surface area contributed by atoms with Crippen molar-refractivity contribution in [2.45, 2.75) is 13.3 Å². The van der Waals surface area contributed by atoms with Crippen LogP contribution in [0.5, 0.6) is 11.5 Å². The molecule has 0 aromatic heterocycles. The molecule has 3 aromatic carbocycles. The first kappa shape index (κ1) is 18.7. The van der Waals surface area contributed by atoms with Gasteiger partial charge in [-0.05, 0) is 58.5 Å². The lowest BCUT2D eigenvalue weighted by molar-refractivity contribution is 0.328.